The van der Waals surface area contributed by atoms with E-state index in [4.69, 9.17) is 4.74 Å². The average molecular weight is 407 g/mol. The number of hydrogen-bond donors (Lipinski definition) is 1. The molecule has 0 amide bonds. The quantitative estimate of drug-likeness (QED) is 0.448. The summed E-state index contributed by atoms with van der Waals surface area (Å²) in [6.07, 6.45) is 0.524. The molecule has 0 fully saturated rings. The van der Waals surface area contributed by atoms with Crippen molar-refractivity contribution in [3.63, 3.8) is 0 Å². The largest absolute Gasteiger partial charge is 0.489 e. The third kappa shape index (κ3) is 5.26. The molecule has 3 aromatic carbocycles. The van der Waals surface area contributed by atoms with Gasteiger partial charge in [-0.15, -0.1) is 0 Å². The number of aliphatic hydroxyl groups is 1. The van der Waals surface area contributed by atoms with E-state index in [1.807, 2.05) is 37.3 Å². The molecule has 152 valence electrons. The second-order valence-corrected chi connectivity index (χ2v) is 9.74. The van der Waals surface area contributed by atoms with E-state index in [9.17, 15) is 5.11 Å². The maximum Gasteiger partial charge on any atom is 0.123 e. The van der Waals surface area contributed by atoms with E-state index in [0.29, 0.717) is 15.2 Å². The van der Waals surface area contributed by atoms with E-state index in [1.54, 1.807) is 0 Å². The SMILES string of the molecule is CCC(C)(Pc1ccccc1C(C)O)c1cc(C)ccc1OCc1ccccc1. The molecule has 3 unspecified atom stereocenters. The van der Waals surface area contributed by atoms with Crippen molar-refractivity contribution in [1.82, 2.24) is 0 Å². The van der Waals surface area contributed by atoms with Gasteiger partial charge in [0.25, 0.3) is 0 Å². The van der Waals surface area contributed by atoms with E-state index in [2.05, 4.69) is 63.2 Å². The molecule has 0 aliphatic carbocycles. The molecule has 0 aliphatic rings. The Morgan fingerprint density at radius 3 is 2.38 bits per heavy atom. The summed E-state index contributed by atoms with van der Waals surface area (Å²) in [6, 6.07) is 25.0. The minimum Gasteiger partial charge on any atom is -0.489 e. The van der Waals surface area contributed by atoms with Crippen LogP contribution in [-0.2, 0) is 11.8 Å². The van der Waals surface area contributed by atoms with Gasteiger partial charge in [-0.05, 0) is 42.8 Å². The van der Waals surface area contributed by atoms with Crippen LogP contribution in [-0.4, -0.2) is 5.11 Å². The Morgan fingerprint density at radius 1 is 1.00 bits per heavy atom. The van der Waals surface area contributed by atoms with Crippen LogP contribution in [0.1, 0.15) is 55.5 Å². The smallest absolute Gasteiger partial charge is 0.123 e. The predicted molar refractivity (Wildman–Crippen MR) is 125 cm³/mol. The fourth-order valence-corrected chi connectivity index (χ4v) is 5.27. The molecule has 0 saturated heterocycles. The normalized spacial score (nSPS) is 14.7. The van der Waals surface area contributed by atoms with Gasteiger partial charge in [0.15, 0.2) is 0 Å². The van der Waals surface area contributed by atoms with Gasteiger partial charge < -0.3 is 9.84 Å². The highest BCUT2D eigenvalue weighted by Gasteiger charge is 2.30. The number of rotatable bonds is 8. The molecule has 3 heteroatoms. The van der Waals surface area contributed by atoms with E-state index in [0.717, 1.165) is 17.7 Å². The highest BCUT2D eigenvalue weighted by molar-refractivity contribution is 7.48. The lowest BCUT2D eigenvalue weighted by Crippen LogP contribution is -2.21. The lowest BCUT2D eigenvalue weighted by atomic mass is 9.95. The Labute approximate surface area is 176 Å². The Kier molecular flexibility index (Phi) is 7.11. The van der Waals surface area contributed by atoms with Crippen LogP contribution in [0.2, 0.25) is 0 Å². The number of aliphatic hydroxyl groups excluding tert-OH is 1. The number of ether oxygens (including phenoxy) is 1. The molecule has 3 atom stereocenters. The van der Waals surface area contributed by atoms with Gasteiger partial charge in [0.1, 0.15) is 12.4 Å². The second-order valence-electron chi connectivity index (χ2n) is 7.85. The number of benzene rings is 3. The molecule has 0 spiro atoms. The minimum absolute atomic E-state index is 0.0664. The van der Waals surface area contributed by atoms with Crippen LogP contribution in [0.4, 0.5) is 0 Å². The van der Waals surface area contributed by atoms with Gasteiger partial charge in [-0.2, -0.15) is 0 Å². The topological polar surface area (TPSA) is 29.5 Å². The van der Waals surface area contributed by atoms with Gasteiger partial charge in [0, 0.05) is 10.7 Å². The second kappa shape index (κ2) is 9.57. The highest BCUT2D eigenvalue weighted by atomic mass is 31.1. The van der Waals surface area contributed by atoms with Crippen molar-refractivity contribution in [2.24, 2.45) is 0 Å². The first-order valence-electron chi connectivity index (χ1n) is 10.3. The van der Waals surface area contributed by atoms with Crippen LogP contribution < -0.4 is 10.0 Å². The van der Waals surface area contributed by atoms with E-state index >= 15 is 0 Å². The zero-order valence-corrected chi connectivity index (χ0v) is 18.8. The van der Waals surface area contributed by atoms with Gasteiger partial charge >= 0.3 is 0 Å². The van der Waals surface area contributed by atoms with Crippen molar-refractivity contribution < 1.29 is 9.84 Å². The van der Waals surface area contributed by atoms with Crippen LogP contribution >= 0.6 is 8.58 Å². The average Bonchev–Trinajstić information content (AvgIpc) is 2.73. The van der Waals surface area contributed by atoms with Crippen molar-refractivity contribution >= 4 is 13.9 Å². The summed E-state index contributed by atoms with van der Waals surface area (Å²) >= 11 is 0. The van der Waals surface area contributed by atoms with E-state index in [1.165, 1.54) is 22.0 Å². The Morgan fingerprint density at radius 2 is 1.69 bits per heavy atom. The predicted octanol–water partition coefficient (Wildman–Crippen LogP) is 6.26. The highest BCUT2D eigenvalue weighted by Crippen LogP contribution is 2.48. The molecule has 0 heterocycles. The molecule has 3 rings (SSSR count). The summed E-state index contributed by atoms with van der Waals surface area (Å²) in [5.41, 5.74) is 4.67. The zero-order valence-electron chi connectivity index (χ0n) is 17.8. The zero-order chi connectivity index (χ0) is 20.9. The van der Waals surface area contributed by atoms with Gasteiger partial charge in [-0.1, -0.05) is 94.7 Å². The molecule has 0 aromatic heterocycles. The standard InChI is InChI=1S/C26H31O2P/c1-5-26(4,29-25-14-10-9-13-22(25)20(3)27)23-17-19(2)15-16-24(23)28-18-21-11-7-6-8-12-21/h6-17,20,27,29H,5,18H2,1-4H3. The van der Waals surface area contributed by atoms with Gasteiger partial charge in [0.2, 0.25) is 0 Å². The fraction of sp³-hybridized carbons (Fsp3) is 0.308. The summed E-state index contributed by atoms with van der Waals surface area (Å²) in [6.45, 7) is 9.08. The molecule has 2 nitrogen and oxygen atoms in total. The molecular weight excluding hydrogens is 375 g/mol. The lowest BCUT2D eigenvalue weighted by molar-refractivity contribution is 0.200. The summed E-state index contributed by atoms with van der Waals surface area (Å²) in [5.74, 6) is 0.950. The molecule has 0 saturated carbocycles. The fourth-order valence-electron chi connectivity index (χ4n) is 3.55. The first-order chi connectivity index (χ1) is 13.9. The van der Waals surface area contributed by atoms with Crippen LogP contribution in [0.25, 0.3) is 0 Å². The maximum atomic E-state index is 10.2. The molecule has 0 bridgehead atoms. The number of hydrogen-bond acceptors (Lipinski definition) is 2. The molecule has 3 aromatic rings. The Hall–Kier alpha value is -2.15. The van der Waals surface area contributed by atoms with Crippen LogP contribution in [0.15, 0.2) is 72.8 Å². The molecule has 0 radical (unpaired) electrons. The van der Waals surface area contributed by atoms with Gasteiger partial charge in [0.05, 0.1) is 6.10 Å². The Balaban J connectivity index is 1.94. The first kappa shape index (κ1) is 21.6. The molecular formula is C26H31O2P. The number of aryl methyl sites for hydroxylation is 1. The first-order valence-corrected chi connectivity index (χ1v) is 11.3. The van der Waals surface area contributed by atoms with Crippen molar-refractivity contribution in [3.05, 3.63) is 95.1 Å². The van der Waals surface area contributed by atoms with E-state index in [-0.39, 0.29) is 5.16 Å². The third-order valence-electron chi connectivity index (χ3n) is 5.50. The lowest BCUT2D eigenvalue weighted by Gasteiger charge is -2.32. The monoisotopic (exact) mass is 406 g/mol. The van der Waals surface area contributed by atoms with Crippen LogP contribution in [0.3, 0.4) is 0 Å². The molecule has 29 heavy (non-hydrogen) atoms. The maximum absolute atomic E-state index is 10.2. The molecule has 0 aliphatic heterocycles. The Bertz CT molecular complexity index is 936. The van der Waals surface area contributed by atoms with Gasteiger partial charge in [-0.3, -0.25) is 0 Å². The summed E-state index contributed by atoms with van der Waals surface area (Å²) < 4.78 is 6.30. The van der Waals surface area contributed by atoms with Crippen molar-refractivity contribution in [1.29, 1.82) is 0 Å². The summed E-state index contributed by atoms with van der Waals surface area (Å²) in [4.78, 5) is 0. The van der Waals surface area contributed by atoms with Crippen molar-refractivity contribution in [2.45, 2.75) is 52.0 Å². The minimum atomic E-state index is -0.467. The van der Waals surface area contributed by atoms with Crippen molar-refractivity contribution in [2.75, 3.05) is 0 Å². The van der Waals surface area contributed by atoms with Crippen LogP contribution in [0.5, 0.6) is 5.75 Å². The van der Waals surface area contributed by atoms with Crippen molar-refractivity contribution in [3.8, 4) is 5.75 Å². The summed E-state index contributed by atoms with van der Waals surface area (Å²) in [7, 11) is 0.541. The molecule has 1 N–H and O–H groups in total. The van der Waals surface area contributed by atoms with Gasteiger partial charge in [-0.25, -0.2) is 0 Å². The van der Waals surface area contributed by atoms with Crippen LogP contribution in [0, 0.1) is 6.92 Å². The van der Waals surface area contributed by atoms with E-state index < -0.39 is 6.10 Å². The summed E-state index contributed by atoms with van der Waals surface area (Å²) in [5, 5.41) is 11.4. The third-order valence-corrected chi connectivity index (χ3v) is 7.39.